The molecule has 0 saturated heterocycles. The summed E-state index contributed by atoms with van der Waals surface area (Å²) < 4.78 is 4.93. The van der Waals surface area contributed by atoms with Gasteiger partial charge < -0.3 is 0 Å². The van der Waals surface area contributed by atoms with Gasteiger partial charge in [-0.15, -0.1) is 0 Å². The van der Waals surface area contributed by atoms with Crippen molar-refractivity contribution in [1.29, 1.82) is 0 Å². The van der Waals surface area contributed by atoms with Gasteiger partial charge in [-0.2, -0.15) is 0 Å². The van der Waals surface area contributed by atoms with Crippen molar-refractivity contribution < 1.29 is 0 Å². The Morgan fingerprint density at radius 2 is 0.879 bits per heavy atom. The van der Waals surface area contributed by atoms with E-state index in [-0.39, 0.29) is 0 Å². The number of aryl methyl sites for hydroxylation is 8. The average Bonchev–Trinajstić information content (AvgIpc) is 3.75. The van der Waals surface area contributed by atoms with Gasteiger partial charge in [0.25, 0.3) is 0 Å². The van der Waals surface area contributed by atoms with Gasteiger partial charge in [0.05, 0.1) is 22.1 Å². The van der Waals surface area contributed by atoms with E-state index in [1.54, 1.807) is 0 Å². The van der Waals surface area contributed by atoms with Crippen molar-refractivity contribution in [2.75, 3.05) is 0 Å². The lowest BCUT2D eigenvalue weighted by molar-refractivity contribution is 0.881. The quantitative estimate of drug-likeness (QED) is 0.180. The zero-order valence-electron chi connectivity index (χ0n) is 33.3. The first-order chi connectivity index (χ1) is 28.4. The number of hydrogen-bond donors (Lipinski definition) is 0. The molecule has 0 amide bonds. The van der Waals surface area contributed by atoms with E-state index in [0.29, 0.717) is 0 Å². The zero-order chi connectivity index (χ0) is 38.8. The van der Waals surface area contributed by atoms with Crippen molar-refractivity contribution in [3.05, 3.63) is 178 Å². The molecular formula is C54H42N4. The molecule has 0 unspecified atom stereocenters. The lowest BCUT2D eigenvalue weighted by Crippen LogP contribution is -2.16. The van der Waals surface area contributed by atoms with Gasteiger partial charge in [0.15, 0.2) is 0 Å². The number of hydrogen-bond acceptors (Lipinski definition) is 2. The first-order valence-electron chi connectivity index (χ1n) is 20.7. The summed E-state index contributed by atoms with van der Waals surface area (Å²) in [5, 5.41) is 5.25. The second kappa shape index (κ2) is 12.4. The molecule has 4 heteroatoms. The predicted octanol–water partition coefficient (Wildman–Crippen LogP) is 13.1. The fraction of sp³-hybridized carbons (Fsp3) is 0.148. The molecule has 6 aromatic carbocycles. The topological polar surface area (TPSA) is 35.6 Å². The van der Waals surface area contributed by atoms with Crippen LogP contribution in [0.1, 0.15) is 44.5 Å². The molecule has 278 valence electrons. The van der Waals surface area contributed by atoms with Crippen molar-refractivity contribution in [3.63, 3.8) is 0 Å². The molecule has 0 radical (unpaired) electrons. The first-order valence-corrected chi connectivity index (χ1v) is 20.7. The number of benzene rings is 6. The number of pyridine rings is 2. The van der Waals surface area contributed by atoms with Crippen molar-refractivity contribution in [1.82, 2.24) is 19.1 Å². The van der Waals surface area contributed by atoms with E-state index in [4.69, 9.17) is 9.97 Å². The molecule has 0 aliphatic heterocycles. The first kappa shape index (κ1) is 33.4. The highest BCUT2D eigenvalue weighted by Gasteiger charge is 2.33. The molecule has 0 N–H and O–H groups in total. The van der Waals surface area contributed by atoms with Crippen LogP contribution in [0.5, 0.6) is 0 Å². The van der Waals surface area contributed by atoms with Gasteiger partial charge in [0.1, 0.15) is 11.6 Å². The van der Waals surface area contributed by atoms with Crippen LogP contribution in [0.2, 0.25) is 0 Å². The molecule has 4 heterocycles. The van der Waals surface area contributed by atoms with Crippen LogP contribution in [0.25, 0.3) is 88.6 Å². The summed E-state index contributed by atoms with van der Waals surface area (Å²) in [7, 11) is 0. The smallest absolute Gasteiger partial charge is 0.137 e. The Morgan fingerprint density at radius 1 is 0.431 bits per heavy atom. The zero-order valence-corrected chi connectivity index (χ0v) is 33.3. The third-order valence-electron chi connectivity index (χ3n) is 13.2. The molecule has 2 aliphatic rings. The third kappa shape index (κ3) is 4.75. The maximum atomic E-state index is 5.03. The second-order valence-corrected chi connectivity index (χ2v) is 16.7. The highest BCUT2D eigenvalue weighted by molar-refractivity contribution is 6.16. The van der Waals surface area contributed by atoms with Crippen molar-refractivity contribution in [2.24, 2.45) is 0 Å². The SMILES string of the molecule is Cc1ccnc(-n2c3ccc(-c4ccccc4C)cc3c3cc4c5c(c32)CCc2cc3c6cc(-c7ccccc7C)ccc6n(-c6cc(C)ccn6)c3c(c2-5)CC4)c1. The Morgan fingerprint density at radius 3 is 1.31 bits per heavy atom. The minimum absolute atomic E-state index is 0.979. The van der Waals surface area contributed by atoms with E-state index in [0.717, 1.165) is 37.3 Å². The van der Waals surface area contributed by atoms with Crippen LogP contribution in [0.15, 0.2) is 134 Å². The molecule has 4 nitrogen and oxygen atoms in total. The van der Waals surface area contributed by atoms with E-state index >= 15 is 0 Å². The molecule has 2 aliphatic carbocycles. The summed E-state index contributed by atoms with van der Waals surface area (Å²) in [5.74, 6) is 1.96. The summed E-state index contributed by atoms with van der Waals surface area (Å²) in [6.45, 7) is 8.76. The van der Waals surface area contributed by atoms with Crippen LogP contribution in [0, 0.1) is 27.7 Å². The Balaban J connectivity index is 1.18. The largest absolute Gasteiger partial charge is 0.293 e. The van der Waals surface area contributed by atoms with E-state index in [1.165, 1.54) is 122 Å². The lowest BCUT2D eigenvalue weighted by Gasteiger charge is -2.31. The summed E-state index contributed by atoms with van der Waals surface area (Å²) in [4.78, 5) is 10.1. The van der Waals surface area contributed by atoms with Gasteiger partial charge in [0.2, 0.25) is 0 Å². The minimum atomic E-state index is 0.979. The van der Waals surface area contributed by atoms with Gasteiger partial charge in [0, 0.05) is 33.9 Å². The van der Waals surface area contributed by atoms with E-state index in [2.05, 4.69) is 158 Å². The van der Waals surface area contributed by atoms with E-state index in [9.17, 15) is 0 Å². The maximum absolute atomic E-state index is 5.03. The number of fused-ring (bicyclic) bond motifs is 8. The highest BCUT2D eigenvalue weighted by Crippen LogP contribution is 2.51. The van der Waals surface area contributed by atoms with Crippen LogP contribution >= 0.6 is 0 Å². The van der Waals surface area contributed by atoms with Crippen LogP contribution in [-0.4, -0.2) is 19.1 Å². The molecule has 58 heavy (non-hydrogen) atoms. The maximum Gasteiger partial charge on any atom is 0.137 e. The molecule has 10 aromatic rings. The Hall–Kier alpha value is -6.78. The van der Waals surface area contributed by atoms with Crippen LogP contribution in [0.3, 0.4) is 0 Å². The van der Waals surface area contributed by atoms with Crippen LogP contribution < -0.4 is 0 Å². The van der Waals surface area contributed by atoms with Gasteiger partial charge in [-0.1, -0.05) is 60.7 Å². The fourth-order valence-corrected chi connectivity index (χ4v) is 10.5. The minimum Gasteiger partial charge on any atom is -0.293 e. The van der Waals surface area contributed by atoms with E-state index < -0.39 is 0 Å². The Labute approximate surface area is 338 Å². The van der Waals surface area contributed by atoms with Crippen LogP contribution in [-0.2, 0) is 25.7 Å². The lowest BCUT2D eigenvalue weighted by atomic mass is 9.74. The standard InChI is InChI=1S/C54H42N4/c1-31-21-23-55-49(25-31)57-47-19-15-35(39-11-7-5-9-33(39)3)27-43(47)45-29-37-14-18-42-52-38(13-17-41(51(37)52)53(45)57)30-46-44-28-36(40-12-8-6-10-34(40)4)16-20-48(44)58(54(42)46)50-26-32(2)22-24-56-50/h5-12,15-16,19-30H,13-14,17-18H2,1-4H3. The van der Waals surface area contributed by atoms with Crippen molar-refractivity contribution >= 4 is 43.6 Å². The molecule has 0 spiro atoms. The summed E-state index contributed by atoms with van der Waals surface area (Å²) in [6, 6.07) is 45.3. The molecule has 12 rings (SSSR count). The van der Waals surface area contributed by atoms with Gasteiger partial charge in [-0.25, -0.2) is 9.97 Å². The molecular weight excluding hydrogens is 705 g/mol. The second-order valence-electron chi connectivity index (χ2n) is 16.7. The van der Waals surface area contributed by atoms with Crippen LogP contribution in [0.4, 0.5) is 0 Å². The monoisotopic (exact) mass is 746 g/mol. The molecule has 0 fully saturated rings. The normalized spacial score (nSPS) is 13.2. The Kier molecular flexibility index (Phi) is 7.11. The number of aromatic nitrogens is 4. The molecule has 0 bridgehead atoms. The van der Waals surface area contributed by atoms with E-state index in [1.807, 2.05) is 12.4 Å². The number of rotatable bonds is 4. The third-order valence-corrected chi connectivity index (χ3v) is 13.2. The van der Waals surface area contributed by atoms with Gasteiger partial charge >= 0.3 is 0 Å². The van der Waals surface area contributed by atoms with Crippen molar-refractivity contribution in [2.45, 2.75) is 53.4 Å². The van der Waals surface area contributed by atoms with Gasteiger partial charge in [-0.3, -0.25) is 9.13 Å². The molecule has 4 aromatic heterocycles. The van der Waals surface area contributed by atoms with Crippen molar-refractivity contribution in [3.8, 4) is 45.0 Å². The fourth-order valence-electron chi connectivity index (χ4n) is 10.5. The summed E-state index contributed by atoms with van der Waals surface area (Å²) >= 11 is 0. The number of nitrogens with zero attached hydrogens (tertiary/aromatic N) is 4. The predicted molar refractivity (Wildman–Crippen MR) is 241 cm³/mol. The molecule has 0 atom stereocenters. The average molecular weight is 747 g/mol. The molecule has 0 saturated carbocycles. The Bertz CT molecular complexity index is 3170. The highest BCUT2D eigenvalue weighted by atomic mass is 15.1. The summed E-state index contributed by atoms with van der Waals surface area (Å²) in [5.41, 5.74) is 23.8. The summed E-state index contributed by atoms with van der Waals surface area (Å²) in [6.07, 6.45) is 7.87. The van der Waals surface area contributed by atoms with Gasteiger partial charge in [-0.05, 0) is 192 Å².